The number of phosphoric ester groups is 1. The lowest BCUT2D eigenvalue weighted by molar-refractivity contribution is 0.145. The van der Waals surface area contributed by atoms with Gasteiger partial charge in [0.15, 0.2) is 0 Å². The molecule has 0 aromatic heterocycles. The SMILES string of the molecule is CCCCCCCCCOP(=O)(O)OCCCCCCCCCCCCCCN(CCCCCCCC)CCCCCCCC. The van der Waals surface area contributed by atoms with Crippen LogP contribution in [0, 0.1) is 0 Å². The summed E-state index contributed by atoms with van der Waals surface area (Å²) in [5, 5.41) is 0. The molecule has 0 saturated carbocycles. The van der Waals surface area contributed by atoms with Crippen molar-refractivity contribution in [1.29, 1.82) is 0 Å². The number of rotatable bonds is 39. The summed E-state index contributed by atoms with van der Waals surface area (Å²) in [6.45, 7) is 11.4. The quantitative estimate of drug-likeness (QED) is 0.0525. The lowest BCUT2D eigenvalue weighted by Crippen LogP contribution is -2.27. The van der Waals surface area contributed by atoms with E-state index in [-0.39, 0.29) is 0 Å². The molecule has 0 rings (SSSR count). The fourth-order valence-electron chi connectivity index (χ4n) is 6.23. The van der Waals surface area contributed by atoms with E-state index in [1.807, 2.05) is 0 Å². The predicted octanol–water partition coefficient (Wildman–Crippen LogP) is 13.6. The third-order valence-electron chi connectivity index (χ3n) is 9.28. The molecule has 272 valence electrons. The largest absolute Gasteiger partial charge is 0.472 e. The Balaban J connectivity index is 3.63. The highest BCUT2D eigenvalue weighted by atomic mass is 31.2. The average Bonchev–Trinajstić information content (AvgIpc) is 3.03. The molecule has 0 aliphatic rings. The molecule has 0 heterocycles. The van der Waals surface area contributed by atoms with E-state index in [0.717, 1.165) is 25.7 Å². The van der Waals surface area contributed by atoms with Crippen molar-refractivity contribution in [2.24, 2.45) is 0 Å². The first-order chi connectivity index (χ1) is 22.1. The molecule has 5 nitrogen and oxygen atoms in total. The molecule has 0 amide bonds. The zero-order chi connectivity index (χ0) is 32.9. The Kier molecular flexibility index (Phi) is 37.0. The summed E-state index contributed by atoms with van der Waals surface area (Å²) in [4.78, 5) is 12.6. The van der Waals surface area contributed by atoms with Crippen LogP contribution in [0.2, 0.25) is 0 Å². The molecule has 45 heavy (non-hydrogen) atoms. The summed E-state index contributed by atoms with van der Waals surface area (Å²) < 4.78 is 22.3. The molecule has 0 bridgehead atoms. The number of phosphoric acid groups is 1. The van der Waals surface area contributed by atoms with Gasteiger partial charge in [0.2, 0.25) is 0 Å². The van der Waals surface area contributed by atoms with Crippen LogP contribution in [0.4, 0.5) is 0 Å². The minimum absolute atomic E-state index is 0.318. The van der Waals surface area contributed by atoms with Crippen molar-refractivity contribution in [3.05, 3.63) is 0 Å². The van der Waals surface area contributed by atoms with Crippen molar-refractivity contribution in [2.75, 3.05) is 32.8 Å². The van der Waals surface area contributed by atoms with Crippen LogP contribution < -0.4 is 0 Å². The Morgan fingerprint density at radius 2 is 0.600 bits per heavy atom. The fourth-order valence-corrected chi connectivity index (χ4v) is 7.02. The van der Waals surface area contributed by atoms with Crippen LogP contribution in [-0.2, 0) is 13.6 Å². The van der Waals surface area contributed by atoms with Crippen LogP contribution in [0.1, 0.15) is 220 Å². The highest BCUT2D eigenvalue weighted by Gasteiger charge is 2.19. The first-order valence-electron chi connectivity index (χ1n) is 20.4. The molecular formula is C39H82NO4P. The lowest BCUT2D eigenvalue weighted by atomic mass is 10.0. The van der Waals surface area contributed by atoms with Gasteiger partial charge in [0.25, 0.3) is 0 Å². The van der Waals surface area contributed by atoms with Crippen molar-refractivity contribution in [3.63, 3.8) is 0 Å². The normalized spacial score (nSPS) is 13.2. The number of nitrogens with zero attached hydrogens (tertiary/aromatic N) is 1. The van der Waals surface area contributed by atoms with Gasteiger partial charge in [0.05, 0.1) is 13.2 Å². The van der Waals surface area contributed by atoms with E-state index in [2.05, 4.69) is 25.7 Å². The minimum atomic E-state index is -3.87. The van der Waals surface area contributed by atoms with Crippen LogP contribution in [0.5, 0.6) is 0 Å². The van der Waals surface area contributed by atoms with E-state index < -0.39 is 7.82 Å². The molecule has 1 atom stereocenters. The Morgan fingerprint density at radius 1 is 0.378 bits per heavy atom. The summed E-state index contributed by atoms with van der Waals surface area (Å²) >= 11 is 0. The zero-order valence-electron chi connectivity index (χ0n) is 31.0. The van der Waals surface area contributed by atoms with E-state index >= 15 is 0 Å². The summed E-state index contributed by atoms with van der Waals surface area (Å²) in [5.41, 5.74) is 0. The van der Waals surface area contributed by atoms with Crippen molar-refractivity contribution < 1.29 is 18.5 Å². The van der Waals surface area contributed by atoms with Gasteiger partial charge >= 0.3 is 7.82 Å². The molecule has 0 spiro atoms. The first kappa shape index (κ1) is 45.1. The molecule has 0 radical (unpaired) electrons. The predicted molar refractivity (Wildman–Crippen MR) is 198 cm³/mol. The lowest BCUT2D eigenvalue weighted by Gasteiger charge is -2.22. The van der Waals surface area contributed by atoms with Gasteiger partial charge in [-0.2, -0.15) is 0 Å². The molecule has 0 aliphatic heterocycles. The third-order valence-corrected chi connectivity index (χ3v) is 10.3. The fraction of sp³-hybridized carbons (Fsp3) is 1.00. The van der Waals surface area contributed by atoms with Gasteiger partial charge in [-0.25, -0.2) is 4.57 Å². The topological polar surface area (TPSA) is 59.0 Å². The standard InChI is InChI=1S/C39H82NO4P/c1-4-7-10-13-23-28-33-38-43-45(41,42)44-39-34-29-24-21-19-17-16-18-20-22-27-32-37-40(35-30-25-14-11-8-5-2)36-31-26-15-12-9-6-3/h4-39H2,1-3H3,(H,41,42). The van der Waals surface area contributed by atoms with E-state index in [1.54, 1.807) is 0 Å². The first-order valence-corrected chi connectivity index (χ1v) is 21.9. The van der Waals surface area contributed by atoms with Crippen molar-refractivity contribution in [3.8, 4) is 0 Å². The third kappa shape index (κ3) is 36.7. The Labute approximate surface area is 283 Å². The van der Waals surface area contributed by atoms with E-state index in [1.165, 1.54) is 193 Å². The average molecular weight is 660 g/mol. The molecular weight excluding hydrogens is 577 g/mol. The Bertz CT molecular complexity index is 590. The minimum Gasteiger partial charge on any atom is -0.303 e. The van der Waals surface area contributed by atoms with E-state index in [0.29, 0.717) is 13.2 Å². The summed E-state index contributed by atoms with van der Waals surface area (Å²) in [6.07, 6.45) is 40.3. The molecule has 0 aromatic rings. The zero-order valence-corrected chi connectivity index (χ0v) is 31.9. The second kappa shape index (κ2) is 36.9. The second-order valence-corrected chi connectivity index (χ2v) is 15.3. The molecule has 1 unspecified atom stereocenters. The van der Waals surface area contributed by atoms with Crippen LogP contribution in [0.25, 0.3) is 0 Å². The van der Waals surface area contributed by atoms with Crippen molar-refractivity contribution in [2.45, 2.75) is 220 Å². The summed E-state index contributed by atoms with van der Waals surface area (Å²) in [6, 6.07) is 0. The highest BCUT2D eigenvalue weighted by molar-refractivity contribution is 7.47. The molecule has 0 saturated heterocycles. The molecule has 0 fully saturated rings. The van der Waals surface area contributed by atoms with Gasteiger partial charge in [-0.3, -0.25) is 9.05 Å². The van der Waals surface area contributed by atoms with Gasteiger partial charge < -0.3 is 9.79 Å². The van der Waals surface area contributed by atoms with Crippen LogP contribution in [0.15, 0.2) is 0 Å². The molecule has 1 N–H and O–H groups in total. The van der Waals surface area contributed by atoms with E-state index in [9.17, 15) is 9.46 Å². The van der Waals surface area contributed by atoms with Gasteiger partial charge in [-0.05, 0) is 51.7 Å². The maximum absolute atomic E-state index is 12.0. The number of unbranched alkanes of at least 4 members (excludes halogenated alkanes) is 27. The highest BCUT2D eigenvalue weighted by Crippen LogP contribution is 2.43. The monoisotopic (exact) mass is 660 g/mol. The van der Waals surface area contributed by atoms with Crippen molar-refractivity contribution in [1.82, 2.24) is 4.90 Å². The summed E-state index contributed by atoms with van der Waals surface area (Å²) in [5.74, 6) is 0. The maximum atomic E-state index is 12.0. The second-order valence-electron chi connectivity index (χ2n) is 13.9. The Hall–Kier alpha value is 0.0700. The van der Waals surface area contributed by atoms with Gasteiger partial charge in [0.1, 0.15) is 0 Å². The molecule has 0 aromatic carbocycles. The number of hydrogen-bond donors (Lipinski definition) is 1. The smallest absolute Gasteiger partial charge is 0.303 e. The molecule has 0 aliphatic carbocycles. The van der Waals surface area contributed by atoms with Gasteiger partial charge in [-0.15, -0.1) is 0 Å². The maximum Gasteiger partial charge on any atom is 0.472 e. The molecule has 6 heteroatoms. The Morgan fingerprint density at radius 3 is 0.867 bits per heavy atom. The summed E-state index contributed by atoms with van der Waals surface area (Å²) in [7, 11) is -3.87. The van der Waals surface area contributed by atoms with Crippen LogP contribution in [-0.4, -0.2) is 42.6 Å². The van der Waals surface area contributed by atoms with Crippen molar-refractivity contribution >= 4 is 7.82 Å². The van der Waals surface area contributed by atoms with Crippen LogP contribution in [0.3, 0.4) is 0 Å². The van der Waals surface area contributed by atoms with Gasteiger partial charge in [0, 0.05) is 0 Å². The van der Waals surface area contributed by atoms with E-state index in [4.69, 9.17) is 9.05 Å². The van der Waals surface area contributed by atoms with Crippen LogP contribution >= 0.6 is 7.82 Å². The van der Waals surface area contributed by atoms with Gasteiger partial charge in [-0.1, -0.05) is 188 Å². The number of hydrogen-bond acceptors (Lipinski definition) is 4.